The molecular formula is C46H72. The van der Waals surface area contributed by atoms with E-state index in [1.165, 1.54) is 167 Å². The van der Waals surface area contributed by atoms with E-state index in [4.69, 9.17) is 0 Å². The molecule has 0 spiro atoms. The van der Waals surface area contributed by atoms with E-state index in [1.54, 1.807) is 44.5 Å². The van der Waals surface area contributed by atoms with Crippen LogP contribution in [-0.2, 0) is 11.8 Å². The molecule has 0 aliphatic heterocycles. The van der Waals surface area contributed by atoms with Crippen molar-refractivity contribution in [2.75, 3.05) is 0 Å². The van der Waals surface area contributed by atoms with Crippen molar-refractivity contribution in [1.82, 2.24) is 0 Å². The van der Waals surface area contributed by atoms with Crippen LogP contribution in [0.2, 0.25) is 0 Å². The fourth-order valence-electron chi connectivity index (χ4n) is 8.89. The molecule has 0 heteroatoms. The van der Waals surface area contributed by atoms with Gasteiger partial charge in [0.05, 0.1) is 0 Å². The van der Waals surface area contributed by atoms with Crippen LogP contribution in [0.4, 0.5) is 0 Å². The van der Waals surface area contributed by atoms with Gasteiger partial charge in [-0.25, -0.2) is 0 Å². The molecule has 0 saturated carbocycles. The van der Waals surface area contributed by atoms with Crippen LogP contribution in [0.3, 0.4) is 0 Å². The Balaban J connectivity index is 1.33. The minimum Gasteiger partial charge on any atom is -0.0654 e. The third-order valence-corrected chi connectivity index (χ3v) is 11.9. The van der Waals surface area contributed by atoms with Crippen LogP contribution >= 0.6 is 0 Å². The van der Waals surface area contributed by atoms with Crippen LogP contribution in [0.25, 0.3) is 16.7 Å². The molecule has 0 unspecified atom stereocenters. The lowest BCUT2D eigenvalue weighted by Gasteiger charge is -2.33. The van der Waals surface area contributed by atoms with Gasteiger partial charge in [-0.15, -0.1) is 0 Å². The van der Waals surface area contributed by atoms with Crippen molar-refractivity contribution in [1.29, 1.82) is 0 Å². The third kappa shape index (κ3) is 10.3. The highest BCUT2D eigenvalue weighted by Crippen LogP contribution is 2.56. The summed E-state index contributed by atoms with van der Waals surface area (Å²) in [4.78, 5) is 0. The van der Waals surface area contributed by atoms with Crippen molar-refractivity contribution in [2.24, 2.45) is 0 Å². The Morgan fingerprint density at radius 2 is 0.891 bits per heavy atom. The van der Waals surface area contributed by atoms with Crippen molar-refractivity contribution < 1.29 is 0 Å². The Bertz CT molecular complexity index is 1150. The molecule has 0 aromatic heterocycles. The first-order valence-electron chi connectivity index (χ1n) is 20.6. The van der Waals surface area contributed by atoms with Crippen molar-refractivity contribution in [3.8, 4) is 11.1 Å². The summed E-state index contributed by atoms with van der Waals surface area (Å²) in [6, 6.07) is 14.8. The zero-order valence-electron chi connectivity index (χ0n) is 31.1. The summed E-state index contributed by atoms with van der Waals surface area (Å²) in [5.41, 5.74) is 12.9. The Hall–Kier alpha value is -1.82. The molecule has 256 valence electrons. The topological polar surface area (TPSA) is 0 Å². The lowest BCUT2D eigenvalue weighted by atomic mass is 9.70. The van der Waals surface area contributed by atoms with Crippen LogP contribution in [0.15, 0.2) is 42.0 Å². The summed E-state index contributed by atoms with van der Waals surface area (Å²) < 4.78 is 0. The number of unbranched alkanes of at least 4 members (excludes halogenated alkanes) is 22. The van der Waals surface area contributed by atoms with Crippen LogP contribution in [0, 0.1) is 0 Å². The van der Waals surface area contributed by atoms with E-state index >= 15 is 0 Å². The molecule has 0 bridgehead atoms. The van der Waals surface area contributed by atoms with Gasteiger partial charge in [0.1, 0.15) is 0 Å². The molecule has 2 aliphatic rings. The van der Waals surface area contributed by atoms with Gasteiger partial charge in [-0.3, -0.25) is 0 Å². The van der Waals surface area contributed by atoms with E-state index in [1.807, 2.05) is 0 Å². The first-order chi connectivity index (χ1) is 22.6. The van der Waals surface area contributed by atoms with Gasteiger partial charge in [0.25, 0.3) is 0 Å². The molecule has 0 saturated heterocycles. The number of hydrogen-bond acceptors (Lipinski definition) is 0. The monoisotopic (exact) mass is 625 g/mol. The Morgan fingerprint density at radius 1 is 0.457 bits per heavy atom. The minimum atomic E-state index is 0.203. The summed E-state index contributed by atoms with van der Waals surface area (Å²) in [5, 5.41) is 0. The molecule has 0 nitrogen and oxygen atoms in total. The first-order valence-corrected chi connectivity index (χ1v) is 20.6. The number of allylic oxidation sites excluding steroid dienone is 2. The van der Waals surface area contributed by atoms with E-state index in [9.17, 15) is 0 Å². The van der Waals surface area contributed by atoms with Crippen LogP contribution in [0.5, 0.6) is 0 Å². The second-order valence-electron chi connectivity index (χ2n) is 15.5. The number of rotatable bonds is 26. The van der Waals surface area contributed by atoms with E-state index in [-0.39, 0.29) is 5.41 Å². The predicted molar refractivity (Wildman–Crippen MR) is 206 cm³/mol. The van der Waals surface area contributed by atoms with Crippen LogP contribution in [-0.4, -0.2) is 0 Å². The average molecular weight is 625 g/mol. The number of fused-ring (bicyclic) bond motifs is 4. The van der Waals surface area contributed by atoms with E-state index in [0.29, 0.717) is 0 Å². The Morgan fingerprint density at radius 3 is 1.37 bits per heavy atom. The molecule has 2 aromatic rings. The van der Waals surface area contributed by atoms with E-state index in [2.05, 4.69) is 64.1 Å². The van der Waals surface area contributed by atoms with Gasteiger partial charge in [0.15, 0.2) is 0 Å². The zero-order chi connectivity index (χ0) is 32.5. The molecule has 0 N–H and O–H groups in total. The summed E-state index contributed by atoms with van der Waals surface area (Å²) >= 11 is 0. The van der Waals surface area contributed by atoms with Gasteiger partial charge in [-0.05, 0) is 84.2 Å². The van der Waals surface area contributed by atoms with Gasteiger partial charge in [-0.2, -0.15) is 0 Å². The molecule has 0 amide bonds. The fraction of sp³-hybridized carbons (Fsp3) is 0.696. The van der Waals surface area contributed by atoms with Crippen molar-refractivity contribution in [3.63, 3.8) is 0 Å². The SMILES string of the molecule is CCCCCCCCCCCCCCC1(CCCCCCCCCCCCCC)c2ccccc2-c2cc3c(cc21)C(C)=C(C)C3. The number of hydrogen-bond donors (Lipinski definition) is 0. The normalized spacial score (nSPS) is 14.6. The molecule has 0 fully saturated rings. The quantitative estimate of drug-likeness (QED) is 0.0913. The highest BCUT2D eigenvalue weighted by molar-refractivity contribution is 5.86. The molecule has 0 atom stereocenters. The van der Waals surface area contributed by atoms with Crippen molar-refractivity contribution in [2.45, 2.75) is 206 Å². The van der Waals surface area contributed by atoms with Gasteiger partial charge < -0.3 is 0 Å². The predicted octanol–water partition coefficient (Wildman–Crippen LogP) is 15.5. The number of benzene rings is 2. The fourth-order valence-corrected chi connectivity index (χ4v) is 8.89. The highest BCUT2D eigenvalue weighted by atomic mass is 14.5. The van der Waals surface area contributed by atoms with Gasteiger partial charge in [0, 0.05) is 5.41 Å². The third-order valence-electron chi connectivity index (χ3n) is 11.9. The van der Waals surface area contributed by atoms with E-state index < -0.39 is 0 Å². The molecule has 2 aliphatic carbocycles. The average Bonchev–Trinajstić information content (AvgIpc) is 3.50. The lowest BCUT2D eigenvalue weighted by Crippen LogP contribution is -2.25. The molecular weight excluding hydrogens is 553 g/mol. The molecule has 46 heavy (non-hydrogen) atoms. The zero-order valence-corrected chi connectivity index (χ0v) is 31.1. The lowest BCUT2D eigenvalue weighted by molar-refractivity contribution is 0.396. The highest BCUT2D eigenvalue weighted by Gasteiger charge is 2.43. The second-order valence-corrected chi connectivity index (χ2v) is 15.5. The summed E-state index contributed by atoms with van der Waals surface area (Å²) in [7, 11) is 0. The largest absolute Gasteiger partial charge is 0.0654 e. The summed E-state index contributed by atoms with van der Waals surface area (Å²) in [5.74, 6) is 0. The standard InChI is InChI=1S/C46H72/c1-5-7-9-11-13-15-17-19-21-23-25-29-33-46(34-30-26-24-22-20-18-16-14-12-10-8-6-2)44-32-28-27-31-41(44)43-36-40-35-38(3)39(4)42(40)37-45(43)46/h27-28,31-32,36-37H,5-26,29-30,33-35H2,1-4H3. The Labute approximate surface area is 286 Å². The van der Waals surface area contributed by atoms with Crippen molar-refractivity contribution >= 4 is 5.57 Å². The maximum atomic E-state index is 2.68. The summed E-state index contributed by atoms with van der Waals surface area (Å²) in [6.07, 6.45) is 38.0. The molecule has 2 aromatic carbocycles. The first kappa shape index (κ1) is 37.0. The minimum absolute atomic E-state index is 0.203. The molecule has 0 heterocycles. The van der Waals surface area contributed by atoms with Crippen LogP contribution < -0.4 is 0 Å². The van der Waals surface area contributed by atoms with Gasteiger partial charge >= 0.3 is 0 Å². The molecule has 4 rings (SSSR count). The second kappa shape index (κ2) is 20.5. The van der Waals surface area contributed by atoms with Crippen molar-refractivity contribution in [3.05, 3.63) is 64.2 Å². The van der Waals surface area contributed by atoms with E-state index in [0.717, 1.165) is 6.42 Å². The molecule has 0 radical (unpaired) electrons. The van der Waals surface area contributed by atoms with Crippen LogP contribution in [0.1, 0.15) is 217 Å². The maximum absolute atomic E-state index is 2.68. The smallest absolute Gasteiger partial charge is 0.0215 e. The maximum Gasteiger partial charge on any atom is 0.0215 e. The summed E-state index contributed by atoms with van der Waals surface area (Å²) in [6.45, 7) is 9.35. The van der Waals surface area contributed by atoms with Gasteiger partial charge in [0.2, 0.25) is 0 Å². The Kier molecular flexibility index (Phi) is 16.5. The van der Waals surface area contributed by atoms with Gasteiger partial charge in [-0.1, -0.05) is 198 Å².